The molecule has 2 fully saturated rings. The summed E-state index contributed by atoms with van der Waals surface area (Å²) in [5.41, 5.74) is 10.6. The molecule has 0 aliphatic carbocycles. The first-order valence-corrected chi connectivity index (χ1v) is 26.4. The first kappa shape index (κ1) is 62.3. The van der Waals surface area contributed by atoms with Gasteiger partial charge in [0, 0.05) is 74.8 Å². The lowest BCUT2D eigenvalue weighted by Crippen LogP contribution is -2.47. The topological polar surface area (TPSA) is 339 Å². The van der Waals surface area contributed by atoms with Crippen molar-refractivity contribution in [2.24, 2.45) is 23.3 Å². The van der Waals surface area contributed by atoms with Gasteiger partial charge in [0.15, 0.2) is 0 Å². The number of amides is 10. The molecule has 23 nitrogen and oxygen atoms in total. The van der Waals surface area contributed by atoms with Crippen LogP contribution in [0.5, 0.6) is 0 Å². The monoisotopic (exact) mass is 1030 g/mol. The third-order valence-electron chi connectivity index (χ3n) is 11.8. The molecular weight excluding hydrogens is 945 g/mol. The van der Waals surface area contributed by atoms with Gasteiger partial charge < -0.3 is 72.9 Å². The lowest BCUT2D eigenvalue weighted by molar-refractivity contribution is -0.129. The van der Waals surface area contributed by atoms with Crippen LogP contribution in [0.15, 0.2) is 0 Å². The Kier molecular flexibility index (Phi) is 34.1. The smallest absolute Gasteiger partial charge is 0.315 e. The minimum absolute atomic E-state index is 0.0863. The molecule has 2 rings (SSSR count). The zero-order valence-electron chi connectivity index (χ0n) is 42.0. The van der Waals surface area contributed by atoms with Gasteiger partial charge in [0.2, 0.25) is 47.3 Å². The van der Waals surface area contributed by atoms with Gasteiger partial charge in [0.25, 0.3) is 0 Å². The van der Waals surface area contributed by atoms with Gasteiger partial charge in [-0.15, -0.1) is 0 Å². The fraction of sp³-hybridized carbons (Fsp3) is 0.809. The standard InChI is InChI=1S/C47H84N10O13S/c1-33(44(48)63)12-5-8-20-51-41(61)30-69-28-27-68-25-23-53-42(62)31-70-29-26-67-24-22-52-39(59)18-11-17-38(58)50-19-10-7-14-35(46(65)54-21-9-6-13-34(2)45(49)64)55-40(60)16-4-3-15-37-43-36(32-71-37)56-47(66)57-43/h33-37,43H,3-32H2,1-2H3,(H2,48,63)(H2,49,64)(H,50,58)(H,51,61)(H,52,59)(H,53,62)(H,54,65)(H,55,60)(H2,56,57,66)/t33-,34-,35-,36-,37?,43-/m0/s1. The lowest BCUT2D eigenvalue weighted by atomic mass is 10.0. The second kappa shape index (κ2) is 38.8. The van der Waals surface area contributed by atoms with Crippen molar-refractivity contribution in [1.82, 2.24) is 42.5 Å². The quantitative estimate of drug-likeness (QED) is 0.0279. The van der Waals surface area contributed by atoms with E-state index in [0.29, 0.717) is 76.3 Å². The number of nitrogens with one attached hydrogen (secondary N) is 8. The first-order valence-electron chi connectivity index (χ1n) is 25.4. The van der Waals surface area contributed by atoms with Crippen molar-refractivity contribution in [3.8, 4) is 0 Å². The summed E-state index contributed by atoms with van der Waals surface area (Å²) < 4.78 is 21.4. The number of nitrogens with two attached hydrogens (primary N) is 2. The molecule has 2 saturated heterocycles. The van der Waals surface area contributed by atoms with Crippen LogP contribution in [0.4, 0.5) is 4.79 Å². The molecule has 2 heterocycles. The molecule has 0 spiro atoms. The van der Waals surface area contributed by atoms with Crippen molar-refractivity contribution >= 4 is 65.1 Å². The van der Waals surface area contributed by atoms with E-state index < -0.39 is 6.04 Å². The summed E-state index contributed by atoms with van der Waals surface area (Å²) in [5, 5.41) is 23.0. The molecule has 0 bridgehead atoms. The third kappa shape index (κ3) is 31.3. The van der Waals surface area contributed by atoms with Crippen molar-refractivity contribution < 1.29 is 62.1 Å². The number of rotatable bonds is 44. The summed E-state index contributed by atoms with van der Waals surface area (Å²) in [7, 11) is 0. The van der Waals surface area contributed by atoms with E-state index in [-0.39, 0.29) is 162 Å². The molecule has 0 aromatic heterocycles. The van der Waals surface area contributed by atoms with Gasteiger partial charge in [0.1, 0.15) is 19.3 Å². The summed E-state index contributed by atoms with van der Waals surface area (Å²) in [4.78, 5) is 108. The Morgan fingerprint density at radius 2 is 1.03 bits per heavy atom. The first-order chi connectivity index (χ1) is 34.2. The van der Waals surface area contributed by atoms with Crippen LogP contribution in [0, 0.1) is 11.8 Å². The number of hydrogen-bond acceptors (Lipinski definition) is 14. The van der Waals surface area contributed by atoms with Gasteiger partial charge in [-0.3, -0.25) is 38.4 Å². The maximum atomic E-state index is 13.1. The molecule has 71 heavy (non-hydrogen) atoms. The summed E-state index contributed by atoms with van der Waals surface area (Å²) in [6.07, 6.45) is 9.15. The van der Waals surface area contributed by atoms with E-state index in [2.05, 4.69) is 42.5 Å². The summed E-state index contributed by atoms with van der Waals surface area (Å²) in [6.45, 7) is 6.57. The Bertz CT molecular complexity index is 1630. The Labute approximate surface area is 423 Å². The predicted octanol–water partition coefficient (Wildman–Crippen LogP) is -0.232. The molecule has 406 valence electrons. The number of fused-ring (bicyclic) bond motifs is 1. The number of thioether (sulfide) groups is 1. The van der Waals surface area contributed by atoms with Crippen LogP contribution in [-0.4, -0.2) is 168 Å². The van der Waals surface area contributed by atoms with Crippen molar-refractivity contribution in [3.63, 3.8) is 0 Å². The highest BCUT2D eigenvalue weighted by Crippen LogP contribution is 2.33. The summed E-state index contributed by atoms with van der Waals surface area (Å²) in [6, 6.07) is -0.592. The maximum absolute atomic E-state index is 13.1. The van der Waals surface area contributed by atoms with Gasteiger partial charge in [-0.1, -0.05) is 33.1 Å². The molecule has 0 aromatic rings. The SMILES string of the molecule is C[C@@H](CCCCNC(=O)COCCOCCNC(=O)COCCOCCNC(=O)CCCC(=O)NCCCC[C@H](NC(=O)CCCCC1SC[C@@H]2NC(=O)N[C@H]12)C(=O)NCCCC[C@H](C)C(N)=O)C(N)=O. The van der Waals surface area contributed by atoms with Gasteiger partial charge in [-0.25, -0.2) is 4.79 Å². The van der Waals surface area contributed by atoms with Crippen LogP contribution in [0.1, 0.15) is 117 Å². The van der Waals surface area contributed by atoms with Crippen molar-refractivity contribution in [3.05, 3.63) is 0 Å². The van der Waals surface area contributed by atoms with E-state index in [4.69, 9.17) is 30.4 Å². The average Bonchev–Trinajstić information content (AvgIpc) is 3.89. The van der Waals surface area contributed by atoms with Crippen molar-refractivity contribution in [2.75, 3.05) is 91.3 Å². The van der Waals surface area contributed by atoms with E-state index in [1.165, 1.54) is 0 Å². The molecule has 24 heteroatoms. The fourth-order valence-electron chi connectivity index (χ4n) is 7.49. The minimum atomic E-state index is -0.731. The number of carbonyl (C=O) groups is 9. The van der Waals surface area contributed by atoms with E-state index >= 15 is 0 Å². The Morgan fingerprint density at radius 3 is 1.59 bits per heavy atom. The summed E-state index contributed by atoms with van der Waals surface area (Å²) >= 11 is 1.83. The molecule has 0 aromatic carbocycles. The highest BCUT2D eigenvalue weighted by Gasteiger charge is 2.42. The number of hydrogen-bond donors (Lipinski definition) is 10. The van der Waals surface area contributed by atoms with Gasteiger partial charge in [0.05, 0.1) is 51.7 Å². The largest absolute Gasteiger partial charge is 0.377 e. The predicted molar refractivity (Wildman–Crippen MR) is 266 cm³/mol. The third-order valence-corrected chi connectivity index (χ3v) is 13.4. The highest BCUT2D eigenvalue weighted by molar-refractivity contribution is 8.00. The molecule has 1 unspecified atom stereocenters. The molecule has 0 saturated carbocycles. The maximum Gasteiger partial charge on any atom is 0.315 e. The fourth-order valence-corrected chi connectivity index (χ4v) is 9.04. The van der Waals surface area contributed by atoms with Crippen LogP contribution < -0.4 is 54.0 Å². The number of unbranched alkanes of at least 4 members (excludes halogenated alkanes) is 4. The molecule has 6 atom stereocenters. The van der Waals surface area contributed by atoms with Crippen LogP contribution in [0.2, 0.25) is 0 Å². The van der Waals surface area contributed by atoms with Crippen LogP contribution in [0.3, 0.4) is 0 Å². The Balaban J connectivity index is 1.45. The zero-order chi connectivity index (χ0) is 52.1. The average molecular weight is 1030 g/mol. The van der Waals surface area contributed by atoms with Crippen LogP contribution in [-0.2, 0) is 57.3 Å². The molecule has 2 aliphatic heterocycles. The number of primary amides is 2. The number of carbonyl (C=O) groups excluding carboxylic acids is 9. The van der Waals surface area contributed by atoms with E-state index in [0.717, 1.165) is 37.9 Å². The number of urea groups is 1. The second-order valence-corrected chi connectivity index (χ2v) is 19.2. The second-order valence-electron chi connectivity index (χ2n) is 18.0. The molecule has 10 amide bonds. The Hall–Kier alpha value is -4.78. The molecular formula is C47H84N10O13S. The van der Waals surface area contributed by atoms with E-state index in [1.807, 2.05) is 11.8 Å². The van der Waals surface area contributed by atoms with Crippen molar-refractivity contribution in [1.29, 1.82) is 0 Å². The normalized spacial score (nSPS) is 17.2. The van der Waals surface area contributed by atoms with Gasteiger partial charge in [-0.05, 0) is 64.2 Å². The summed E-state index contributed by atoms with van der Waals surface area (Å²) in [5.74, 6) is -1.64. The molecule has 0 radical (unpaired) electrons. The molecule has 2 aliphatic rings. The van der Waals surface area contributed by atoms with Crippen LogP contribution in [0.25, 0.3) is 0 Å². The Morgan fingerprint density at radius 1 is 0.549 bits per heavy atom. The highest BCUT2D eigenvalue weighted by atomic mass is 32.2. The number of ether oxygens (including phenoxy) is 4. The van der Waals surface area contributed by atoms with E-state index in [1.54, 1.807) is 13.8 Å². The van der Waals surface area contributed by atoms with Crippen LogP contribution >= 0.6 is 11.8 Å². The lowest BCUT2D eigenvalue weighted by Gasteiger charge is -2.19. The van der Waals surface area contributed by atoms with Gasteiger partial charge >= 0.3 is 6.03 Å². The molecule has 12 N–H and O–H groups in total. The zero-order valence-corrected chi connectivity index (χ0v) is 42.9. The van der Waals surface area contributed by atoms with Crippen molar-refractivity contribution in [2.45, 2.75) is 140 Å². The van der Waals surface area contributed by atoms with E-state index in [9.17, 15) is 43.2 Å². The van der Waals surface area contributed by atoms with Gasteiger partial charge in [-0.2, -0.15) is 11.8 Å². The minimum Gasteiger partial charge on any atom is -0.377 e.